The van der Waals surface area contributed by atoms with Crippen LogP contribution in [0, 0.1) is 9.52 Å². The van der Waals surface area contributed by atoms with Gasteiger partial charge in [0.05, 0.1) is 11.4 Å². The van der Waals surface area contributed by atoms with Gasteiger partial charge in [-0.3, -0.25) is 0 Å². The van der Waals surface area contributed by atoms with Gasteiger partial charge in [-0.15, -0.1) is 0 Å². The molecule has 2 N–H and O–H groups in total. The van der Waals surface area contributed by atoms with Gasteiger partial charge >= 0.3 is 0 Å². The van der Waals surface area contributed by atoms with Crippen LogP contribution in [0.1, 0.15) is 23.6 Å². The van der Waals surface area contributed by atoms with Gasteiger partial charge in [0, 0.05) is 0 Å². The lowest BCUT2D eigenvalue weighted by molar-refractivity contribution is 0.530. The third kappa shape index (κ3) is 1.90. The van der Waals surface area contributed by atoms with Crippen LogP contribution in [0.4, 0.5) is 10.2 Å². The summed E-state index contributed by atoms with van der Waals surface area (Å²) in [7, 11) is 0. The molecule has 4 rings (SSSR count). The molecule has 0 bridgehead atoms. The molecule has 1 aliphatic rings. The Hall–Kier alpha value is -1.77. The van der Waals surface area contributed by atoms with Crippen LogP contribution in [-0.4, -0.2) is 19.7 Å². The molecule has 0 saturated carbocycles. The summed E-state index contributed by atoms with van der Waals surface area (Å²) in [5.41, 5.74) is 8.80. The van der Waals surface area contributed by atoms with Crippen LogP contribution >= 0.6 is 22.6 Å². The van der Waals surface area contributed by atoms with Crippen LogP contribution in [0.3, 0.4) is 0 Å². The normalized spacial score (nSPS) is 17.3. The zero-order chi connectivity index (χ0) is 14.6. The summed E-state index contributed by atoms with van der Waals surface area (Å²) in [6.45, 7) is 0. The molecular formula is C14H11FIN5. The Labute approximate surface area is 133 Å². The Bertz CT molecular complexity index is 860. The molecule has 0 fully saturated rings. The Morgan fingerprint density at radius 1 is 1.33 bits per heavy atom. The maximum Gasteiger partial charge on any atom is 0.165 e. The van der Waals surface area contributed by atoms with Crippen molar-refractivity contribution in [1.29, 1.82) is 0 Å². The lowest BCUT2D eigenvalue weighted by Gasteiger charge is -2.13. The first-order valence-electron chi connectivity index (χ1n) is 6.57. The van der Waals surface area contributed by atoms with E-state index >= 15 is 0 Å². The first-order valence-corrected chi connectivity index (χ1v) is 7.65. The number of nitrogen functional groups attached to an aromatic ring is 1. The smallest absolute Gasteiger partial charge is 0.165 e. The average Bonchev–Trinajstić information content (AvgIpc) is 3.00. The minimum Gasteiger partial charge on any atom is -0.383 e. The lowest BCUT2D eigenvalue weighted by Crippen LogP contribution is -2.10. The SMILES string of the molecule is Nc1ncnc2c1c(I)nn2C1CCc2cc(F)ccc21. The number of fused-ring (bicyclic) bond motifs is 2. The highest BCUT2D eigenvalue weighted by Gasteiger charge is 2.28. The van der Waals surface area contributed by atoms with Gasteiger partial charge in [-0.25, -0.2) is 19.0 Å². The molecule has 1 aromatic carbocycles. The van der Waals surface area contributed by atoms with Crippen LogP contribution in [-0.2, 0) is 6.42 Å². The monoisotopic (exact) mass is 395 g/mol. The van der Waals surface area contributed by atoms with E-state index in [-0.39, 0.29) is 11.9 Å². The van der Waals surface area contributed by atoms with Crippen LogP contribution in [0.25, 0.3) is 11.0 Å². The van der Waals surface area contributed by atoms with E-state index in [0.717, 1.165) is 38.7 Å². The number of rotatable bonds is 1. The summed E-state index contributed by atoms with van der Waals surface area (Å²) in [5.74, 6) is 0.244. The molecule has 2 aromatic heterocycles. The fraction of sp³-hybridized carbons (Fsp3) is 0.214. The summed E-state index contributed by atoms with van der Waals surface area (Å²) >= 11 is 2.14. The Kier molecular flexibility index (Phi) is 2.84. The highest BCUT2D eigenvalue weighted by atomic mass is 127. The molecule has 21 heavy (non-hydrogen) atoms. The Morgan fingerprint density at radius 2 is 2.19 bits per heavy atom. The van der Waals surface area contributed by atoms with E-state index in [0.29, 0.717) is 5.82 Å². The average molecular weight is 395 g/mol. The van der Waals surface area contributed by atoms with Gasteiger partial charge in [0.1, 0.15) is 21.7 Å². The second-order valence-corrected chi connectivity index (χ2v) is 6.11. The zero-order valence-electron chi connectivity index (χ0n) is 10.9. The quantitative estimate of drug-likeness (QED) is 0.644. The number of nitrogens with two attached hydrogens (primary N) is 1. The summed E-state index contributed by atoms with van der Waals surface area (Å²) in [4.78, 5) is 8.35. The van der Waals surface area contributed by atoms with Crippen molar-refractivity contribution in [2.75, 3.05) is 5.73 Å². The van der Waals surface area contributed by atoms with E-state index in [1.165, 1.54) is 12.4 Å². The number of benzene rings is 1. The molecule has 0 saturated heterocycles. The van der Waals surface area contributed by atoms with E-state index in [1.807, 2.05) is 10.7 Å². The predicted molar refractivity (Wildman–Crippen MR) is 85.3 cm³/mol. The number of hydrogen-bond donors (Lipinski definition) is 1. The Balaban J connectivity index is 1.92. The molecule has 0 radical (unpaired) electrons. The van der Waals surface area contributed by atoms with Gasteiger partial charge in [-0.2, -0.15) is 5.10 Å². The second kappa shape index (κ2) is 4.62. The van der Waals surface area contributed by atoms with Crippen molar-refractivity contribution in [2.45, 2.75) is 18.9 Å². The zero-order valence-corrected chi connectivity index (χ0v) is 13.1. The largest absolute Gasteiger partial charge is 0.383 e. The highest BCUT2D eigenvalue weighted by Crippen LogP contribution is 2.37. The van der Waals surface area contributed by atoms with Gasteiger partial charge in [0.15, 0.2) is 5.65 Å². The van der Waals surface area contributed by atoms with Crippen LogP contribution < -0.4 is 5.73 Å². The molecule has 1 unspecified atom stereocenters. The van der Waals surface area contributed by atoms with Gasteiger partial charge in [0.2, 0.25) is 0 Å². The topological polar surface area (TPSA) is 69.6 Å². The lowest BCUT2D eigenvalue weighted by atomic mass is 10.1. The number of nitrogens with zero attached hydrogens (tertiary/aromatic N) is 4. The standard InChI is InChI=1S/C14H11FIN5/c15-8-2-3-9-7(5-8)1-4-10(9)21-14-11(12(16)20-21)13(17)18-6-19-14/h2-3,5-6,10H,1,4H2,(H2,17,18,19). The number of hydrogen-bond acceptors (Lipinski definition) is 4. The highest BCUT2D eigenvalue weighted by molar-refractivity contribution is 14.1. The van der Waals surface area contributed by atoms with Crippen molar-refractivity contribution in [3.05, 3.63) is 45.2 Å². The van der Waals surface area contributed by atoms with E-state index in [1.54, 1.807) is 6.07 Å². The maximum absolute atomic E-state index is 13.3. The van der Waals surface area contributed by atoms with Crippen molar-refractivity contribution >= 4 is 39.4 Å². The number of aryl methyl sites for hydroxylation is 1. The van der Waals surface area contributed by atoms with Crippen LogP contribution in [0.5, 0.6) is 0 Å². The van der Waals surface area contributed by atoms with Crippen molar-refractivity contribution in [1.82, 2.24) is 19.7 Å². The van der Waals surface area contributed by atoms with Gasteiger partial charge in [-0.05, 0) is 58.7 Å². The molecule has 2 heterocycles. The Morgan fingerprint density at radius 3 is 3.05 bits per heavy atom. The molecule has 1 atom stereocenters. The van der Waals surface area contributed by atoms with E-state index < -0.39 is 0 Å². The van der Waals surface area contributed by atoms with E-state index in [2.05, 4.69) is 37.7 Å². The summed E-state index contributed by atoms with van der Waals surface area (Å²) < 4.78 is 16.0. The molecular weight excluding hydrogens is 384 g/mol. The maximum atomic E-state index is 13.3. The molecule has 5 nitrogen and oxygen atoms in total. The minimum absolute atomic E-state index is 0.0703. The fourth-order valence-corrected chi connectivity index (χ4v) is 3.74. The minimum atomic E-state index is -0.194. The fourth-order valence-electron chi connectivity index (χ4n) is 2.99. The van der Waals surface area contributed by atoms with Gasteiger partial charge in [-0.1, -0.05) is 6.07 Å². The van der Waals surface area contributed by atoms with Crippen molar-refractivity contribution < 1.29 is 4.39 Å². The van der Waals surface area contributed by atoms with Gasteiger partial charge in [0.25, 0.3) is 0 Å². The molecule has 7 heteroatoms. The van der Waals surface area contributed by atoms with E-state index in [4.69, 9.17) is 5.73 Å². The molecule has 0 aliphatic heterocycles. The second-order valence-electron chi connectivity index (χ2n) is 5.09. The molecule has 0 amide bonds. The molecule has 3 aromatic rings. The third-order valence-corrected chi connectivity index (χ3v) is 4.68. The van der Waals surface area contributed by atoms with Crippen LogP contribution in [0.2, 0.25) is 0 Å². The number of aromatic nitrogens is 4. The van der Waals surface area contributed by atoms with Crippen molar-refractivity contribution in [3.8, 4) is 0 Å². The first-order chi connectivity index (χ1) is 10.1. The number of halogens is 2. The molecule has 0 spiro atoms. The van der Waals surface area contributed by atoms with Crippen LogP contribution in [0.15, 0.2) is 24.5 Å². The summed E-state index contributed by atoms with van der Waals surface area (Å²) in [5, 5.41) is 5.37. The van der Waals surface area contributed by atoms with Crippen molar-refractivity contribution in [2.24, 2.45) is 0 Å². The third-order valence-electron chi connectivity index (χ3n) is 3.92. The summed E-state index contributed by atoms with van der Waals surface area (Å²) in [6, 6.07) is 5.01. The summed E-state index contributed by atoms with van der Waals surface area (Å²) in [6.07, 6.45) is 3.18. The predicted octanol–water partition coefficient (Wildman–Crippen LogP) is 2.69. The molecule has 1 aliphatic carbocycles. The molecule has 106 valence electrons. The van der Waals surface area contributed by atoms with Crippen molar-refractivity contribution in [3.63, 3.8) is 0 Å². The van der Waals surface area contributed by atoms with Gasteiger partial charge < -0.3 is 5.73 Å². The first kappa shape index (κ1) is 12.9. The number of anilines is 1. The van der Waals surface area contributed by atoms with E-state index in [9.17, 15) is 4.39 Å².